The van der Waals surface area contributed by atoms with E-state index in [0.717, 1.165) is 16.9 Å². The van der Waals surface area contributed by atoms with Crippen LogP contribution in [0.25, 0.3) is 11.4 Å². The Hall–Kier alpha value is -2.14. The second-order valence-electron chi connectivity index (χ2n) is 4.85. The van der Waals surface area contributed by atoms with Crippen LogP contribution in [0.5, 0.6) is 5.75 Å². The Bertz CT molecular complexity index is 781. The number of hydrogen-bond donors (Lipinski definition) is 0. The van der Waals surface area contributed by atoms with Gasteiger partial charge in [0.1, 0.15) is 17.4 Å². The number of rotatable bonds is 4. The Morgan fingerprint density at radius 3 is 2.82 bits per heavy atom. The first-order chi connectivity index (χ1) is 10.7. The van der Waals surface area contributed by atoms with Gasteiger partial charge in [0.15, 0.2) is 0 Å². The lowest BCUT2D eigenvalue weighted by atomic mass is 10.1. The highest BCUT2D eigenvalue weighted by molar-refractivity contribution is 9.10. The molecule has 3 rings (SSSR count). The number of hydrogen-bond acceptors (Lipinski definition) is 2. The van der Waals surface area contributed by atoms with Crippen LogP contribution in [-0.2, 0) is 6.54 Å². The van der Waals surface area contributed by atoms with Crippen LogP contribution in [0.2, 0.25) is 0 Å². The summed E-state index contributed by atoms with van der Waals surface area (Å²) in [5.74, 6) is 1.24. The monoisotopic (exact) mass is 360 g/mol. The van der Waals surface area contributed by atoms with E-state index in [0.29, 0.717) is 16.8 Å². The van der Waals surface area contributed by atoms with Crippen molar-refractivity contribution in [1.82, 2.24) is 9.55 Å². The zero-order valence-corrected chi connectivity index (χ0v) is 13.5. The predicted octanol–water partition coefficient (Wildman–Crippen LogP) is 4.51. The molecule has 0 aliphatic rings. The van der Waals surface area contributed by atoms with E-state index in [9.17, 15) is 4.39 Å². The summed E-state index contributed by atoms with van der Waals surface area (Å²) < 4.78 is 21.6. The maximum Gasteiger partial charge on any atom is 0.140 e. The molecule has 0 bridgehead atoms. The average Bonchev–Trinajstić information content (AvgIpc) is 2.95. The van der Waals surface area contributed by atoms with E-state index >= 15 is 0 Å². The van der Waals surface area contributed by atoms with Crippen molar-refractivity contribution in [1.29, 1.82) is 0 Å². The van der Waals surface area contributed by atoms with Gasteiger partial charge in [-0.2, -0.15) is 0 Å². The minimum atomic E-state index is -0.295. The standard InChI is InChI=1S/C17H14BrFN2O/c1-22-16-5-3-2-4-12(16)11-21-7-6-20-17(21)13-8-14(18)10-15(19)9-13/h2-10H,11H2,1H3. The van der Waals surface area contributed by atoms with E-state index in [1.807, 2.05) is 41.1 Å². The van der Waals surface area contributed by atoms with Crippen LogP contribution in [0.15, 0.2) is 59.3 Å². The summed E-state index contributed by atoms with van der Waals surface area (Å²) in [6.45, 7) is 0.605. The lowest BCUT2D eigenvalue weighted by Gasteiger charge is -2.11. The lowest BCUT2D eigenvalue weighted by Crippen LogP contribution is -2.03. The number of aromatic nitrogens is 2. The van der Waals surface area contributed by atoms with Crippen LogP contribution < -0.4 is 4.74 Å². The molecule has 0 saturated heterocycles. The van der Waals surface area contributed by atoms with E-state index in [1.165, 1.54) is 12.1 Å². The highest BCUT2D eigenvalue weighted by atomic mass is 79.9. The summed E-state index contributed by atoms with van der Waals surface area (Å²) in [6, 6.07) is 12.6. The third-order valence-electron chi connectivity index (χ3n) is 3.37. The van der Waals surface area contributed by atoms with Crippen molar-refractivity contribution in [3.8, 4) is 17.1 Å². The summed E-state index contributed by atoms with van der Waals surface area (Å²) in [4.78, 5) is 4.35. The second-order valence-corrected chi connectivity index (χ2v) is 5.76. The van der Waals surface area contributed by atoms with Crippen molar-refractivity contribution < 1.29 is 9.13 Å². The van der Waals surface area contributed by atoms with Crippen molar-refractivity contribution in [2.45, 2.75) is 6.54 Å². The van der Waals surface area contributed by atoms with Crippen molar-refractivity contribution in [2.24, 2.45) is 0 Å². The molecular weight excluding hydrogens is 347 g/mol. The molecule has 1 aromatic heterocycles. The molecule has 0 N–H and O–H groups in total. The van der Waals surface area contributed by atoms with Crippen molar-refractivity contribution in [3.63, 3.8) is 0 Å². The molecule has 0 amide bonds. The van der Waals surface area contributed by atoms with Crippen LogP contribution in [0, 0.1) is 5.82 Å². The largest absolute Gasteiger partial charge is 0.496 e. The fourth-order valence-electron chi connectivity index (χ4n) is 2.40. The molecule has 0 atom stereocenters. The molecular formula is C17H14BrFN2O. The molecule has 0 aliphatic heterocycles. The number of ether oxygens (including phenoxy) is 1. The van der Waals surface area contributed by atoms with Crippen LogP contribution in [0.4, 0.5) is 4.39 Å². The summed E-state index contributed by atoms with van der Waals surface area (Å²) in [7, 11) is 1.65. The maximum atomic E-state index is 13.6. The van der Waals surface area contributed by atoms with E-state index in [4.69, 9.17) is 4.74 Å². The topological polar surface area (TPSA) is 27.1 Å². The Balaban J connectivity index is 1.99. The Morgan fingerprint density at radius 1 is 1.23 bits per heavy atom. The van der Waals surface area contributed by atoms with Crippen molar-refractivity contribution >= 4 is 15.9 Å². The predicted molar refractivity (Wildman–Crippen MR) is 87.4 cm³/mol. The van der Waals surface area contributed by atoms with Gasteiger partial charge in [-0.3, -0.25) is 0 Å². The van der Waals surface area contributed by atoms with Gasteiger partial charge in [0, 0.05) is 28.0 Å². The minimum Gasteiger partial charge on any atom is -0.496 e. The smallest absolute Gasteiger partial charge is 0.140 e. The molecule has 22 heavy (non-hydrogen) atoms. The van der Waals surface area contributed by atoms with Gasteiger partial charge in [0.05, 0.1) is 13.7 Å². The fraction of sp³-hybridized carbons (Fsp3) is 0.118. The van der Waals surface area contributed by atoms with Gasteiger partial charge >= 0.3 is 0 Å². The number of imidazole rings is 1. The third kappa shape index (κ3) is 3.04. The van der Waals surface area contributed by atoms with Crippen LogP contribution in [0.3, 0.4) is 0 Å². The van der Waals surface area contributed by atoms with Crippen LogP contribution in [0.1, 0.15) is 5.56 Å². The molecule has 112 valence electrons. The van der Waals surface area contributed by atoms with E-state index in [-0.39, 0.29) is 5.82 Å². The zero-order chi connectivity index (χ0) is 15.5. The Kier molecular flexibility index (Phi) is 4.24. The van der Waals surface area contributed by atoms with Gasteiger partial charge in [-0.05, 0) is 24.3 Å². The third-order valence-corrected chi connectivity index (χ3v) is 3.83. The first-order valence-corrected chi connectivity index (χ1v) is 7.56. The lowest BCUT2D eigenvalue weighted by molar-refractivity contribution is 0.408. The number of nitrogens with zero attached hydrogens (tertiary/aromatic N) is 2. The van der Waals surface area contributed by atoms with Gasteiger partial charge < -0.3 is 9.30 Å². The fourth-order valence-corrected chi connectivity index (χ4v) is 2.86. The van der Waals surface area contributed by atoms with Crippen molar-refractivity contribution in [2.75, 3.05) is 7.11 Å². The normalized spacial score (nSPS) is 10.7. The van der Waals surface area contributed by atoms with Crippen molar-refractivity contribution in [3.05, 3.63) is 70.7 Å². The molecule has 5 heteroatoms. The second kappa shape index (κ2) is 6.32. The summed E-state index contributed by atoms with van der Waals surface area (Å²) in [5.41, 5.74) is 1.77. The van der Waals surface area contributed by atoms with Gasteiger partial charge in [-0.1, -0.05) is 34.1 Å². The summed E-state index contributed by atoms with van der Waals surface area (Å²) in [5, 5.41) is 0. The van der Waals surface area contributed by atoms with Gasteiger partial charge in [0.2, 0.25) is 0 Å². The molecule has 1 heterocycles. The molecule has 2 aromatic carbocycles. The van der Waals surface area contributed by atoms with Gasteiger partial charge in [0.25, 0.3) is 0 Å². The quantitative estimate of drug-likeness (QED) is 0.684. The number of para-hydroxylation sites is 1. The van der Waals surface area contributed by atoms with Gasteiger partial charge in [-0.25, -0.2) is 9.37 Å². The molecule has 0 aliphatic carbocycles. The SMILES string of the molecule is COc1ccccc1Cn1ccnc1-c1cc(F)cc(Br)c1. The molecule has 0 fully saturated rings. The number of halogens is 2. The summed E-state index contributed by atoms with van der Waals surface area (Å²) >= 11 is 3.32. The summed E-state index contributed by atoms with van der Waals surface area (Å²) in [6.07, 6.45) is 3.59. The highest BCUT2D eigenvalue weighted by Crippen LogP contribution is 2.25. The Labute approximate surface area is 136 Å². The molecule has 0 saturated carbocycles. The molecule has 0 radical (unpaired) electrons. The number of methoxy groups -OCH3 is 1. The highest BCUT2D eigenvalue weighted by Gasteiger charge is 2.10. The van der Waals surface area contributed by atoms with E-state index < -0.39 is 0 Å². The van der Waals surface area contributed by atoms with E-state index in [2.05, 4.69) is 20.9 Å². The van der Waals surface area contributed by atoms with Crippen LogP contribution in [-0.4, -0.2) is 16.7 Å². The average molecular weight is 361 g/mol. The first kappa shape index (κ1) is 14.8. The van der Waals surface area contributed by atoms with Crippen LogP contribution >= 0.6 is 15.9 Å². The van der Waals surface area contributed by atoms with Gasteiger partial charge in [-0.15, -0.1) is 0 Å². The maximum absolute atomic E-state index is 13.6. The molecule has 3 aromatic rings. The van der Waals surface area contributed by atoms with E-state index in [1.54, 1.807) is 13.3 Å². The minimum absolute atomic E-state index is 0.295. The number of benzene rings is 2. The molecule has 3 nitrogen and oxygen atoms in total. The molecule has 0 unspecified atom stereocenters. The first-order valence-electron chi connectivity index (χ1n) is 6.77. The zero-order valence-electron chi connectivity index (χ0n) is 12.0. The molecule has 0 spiro atoms. The Morgan fingerprint density at radius 2 is 2.05 bits per heavy atom.